The van der Waals surface area contributed by atoms with Crippen LogP contribution in [0.1, 0.15) is 32.1 Å². The van der Waals surface area contributed by atoms with Crippen LogP contribution >= 0.6 is 0 Å². The van der Waals surface area contributed by atoms with Crippen molar-refractivity contribution in [2.45, 2.75) is 54.0 Å². The molecule has 0 radical (unpaired) electrons. The van der Waals surface area contributed by atoms with Crippen molar-refractivity contribution in [1.29, 1.82) is 0 Å². The Kier molecular flexibility index (Phi) is 17.6. The molecule has 2 atom stereocenters. The quantitative estimate of drug-likeness (QED) is 0.0283. The molecule has 0 heterocycles. The van der Waals surface area contributed by atoms with Gasteiger partial charge in [0.25, 0.3) is 0 Å². The van der Waals surface area contributed by atoms with Gasteiger partial charge in [0, 0.05) is 77.8 Å². The number of carbonyl (C=O) groups excluding carboxylic acids is 4. The zero-order valence-electron chi connectivity index (χ0n) is 36.4. The van der Waals surface area contributed by atoms with Crippen LogP contribution in [-0.4, -0.2) is 162 Å². The van der Waals surface area contributed by atoms with Crippen LogP contribution in [0.2, 0.25) is 0 Å². The lowest BCUT2D eigenvalue weighted by Crippen LogP contribution is -2.41. The minimum absolute atomic E-state index is 0.0567. The maximum atomic E-state index is 14.6. The second-order valence-corrected chi connectivity index (χ2v) is 18.9. The summed E-state index contributed by atoms with van der Waals surface area (Å²) in [7, 11) is 2.55. The van der Waals surface area contributed by atoms with Crippen LogP contribution < -0.4 is 21.1 Å². The van der Waals surface area contributed by atoms with Crippen LogP contribution in [-0.2, 0) is 58.2 Å². The average molecular weight is 907 g/mol. The topological polar surface area (TPSA) is 243 Å². The maximum absolute atomic E-state index is 14.6. The van der Waals surface area contributed by atoms with E-state index in [2.05, 4.69) is 20.1 Å². The predicted octanol–water partition coefficient (Wildman–Crippen LogP) is 1.91. The van der Waals surface area contributed by atoms with E-state index in [0.717, 1.165) is 15.2 Å². The molecule has 0 saturated carbocycles. The first-order chi connectivity index (χ1) is 29.3. The number of hydrogen-bond donors (Lipinski definition) is 3. The number of esters is 4. The molecule has 0 saturated heterocycles. The minimum atomic E-state index is -4.42. The van der Waals surface area contributed by atoms with Gasteiger partial charge < -0.3 is 45.0 Å². The number of hydrogen-bond acceptors (Lipinski definition) is 17. The van der Waals surface area contributed by atoms with Gasteiger partial charge in [0.2, 0.25) is 20.0 Å². The Hall–Kier alpha value is -4.90. The number of nitrogens with zero attached hydrogens (tertiary/aromatic N) is 3. The predicted molar refractivity (Wildman–Crippen MR) is 233 cm³/mol. The van der Waals surface area contributed by atoms with Crippen molar-refractivity contribution in [2.75, 3.05) is 102 Å². The molecule has 0 fully saturated rings. The van der Waals surface area contributed by atoms with E-state index in [0.29, 0.717) is 46.0 Å². The summed E-state index contributed by atoms with van der Waals surface area (Å²) in [5, 5.41) is 8.45. The molecule has 4 aromatic carbocycles. The van der Waals surface area contributed by atoms with Gasteiger partial charge in [-0.05, 0) is 58.6 Å². The average Bonchev–Trinajstić information content (AvgIpc) is 3.25. The van der Waals surface area contributed by atoms with Crippen LogP contribution in [0, 0.1) is 0 Å². The number of anilines is 1. The fraction of sp³-hybridized carbons (Fsp3) is 0.512. The highest BCUT2D eigenvalue weighted by Crippen LogP contribution is 2.45. The van der Waals surface area contributed by atoms with Crippen LogP contribution in [0.25, 0.3) is 32.3 Å². The first-order valence-electron chi connectivity index (χ1n) is 19.8. The molecule has 21 heteroatoms. The van der Waals surface area contributed by atoms with E-state index in [1.165, 1.54) is 48.6 Å². The first-order valence-corrected chi connectivity index (χ1v) is 22.7. The van der Waals surface area contributed by atoms with E-state index in [9.17, 15) is 36.0 Å². The van der Waals surface area contributed by atoms with Crippen molar-refractivity contribution in [1.82, 2.24) is 24.1 Å². The van der Waals surface area contributed by atoms with Crippen molar-refractivity contribution >= 4 is 81.9 Å². The van der Waals surface area contributed by atoms with E-state index < -0.39 is 56.0 Å². The Balaban J connectivity index is 1.77. The summed E-state index contributed by atoms with van der Waals surface area (Å²) < 4.78 is 85.9. The molecule has 0 aromatic heterocycles. The number of benzene rings is 4. The summed E-state index contributed by atoms with van der Waals surface area (Å²) in [6.07, 6.45) is 0.518. The number of methoxy groups -OCH3 is 4. The SMILES string of the molecule is COC(=O)CC(NCCCN(C)S(=O)(=O)c1cc(S(=O)(=O)N(C)CCCNC(CC(=O)OC)C(=O)OC)c2ccc3c(OCCCN(C)C)cc(N)c4ccc1c2c43)C(=O)OC. The molecule has 4 N–H and O–H groups in total. The summed E-state index contributed by atoms with van der Waals surface area (Å²) in [5.74, 6) is -2.19. The molecule has 0 aliphatic carbocycles. The van der Waals surface area contributed by atoms with Gasteiger partial charge in [0.05, 0.1) is 57.7 Å². The Morgan fingerprint density at radius 3 is 1.48 bits per heavy atom. The third kappa shape index (κ3) is 11.6. The highest BCUT2D eigenvalue weighted by molar-refractivity contribution is 7.90. The number of rotatable bonds is 25. The minimum Gasteiger partial charge on any atom is -0.493 e. The van der Waals surface area contributed by atoms with E-state index in [1.54, 1.807) is 30.3 Å². The molecule has 342 valence electrons. The molecule has 62 heavy (non-hydrogen) atoms. The molecule has 0 bridgehead atoms. The summed E-state index contributed by atoms with van der Waals surface area (Å²) >= 11 is 0. The third-order valence-corrected chi connectivity index (χ3v) is 14.2. The molecule has 0 aliphatic heterocycles. The lowest BCUT2D eigenvalue weighted by Gasteiger charge is -2.24. The Bertz CT molecular complexity index is 2350. The zero-order valence-corrected chi connectivity index (χ0v) is 38.1. The lowest BCUT2D eigenvalue weighted by molar-refractivity contribution is -0.149. The molecule has 0 aliphatic rings. The maximum Gasteiger partial charge on any atom is 0.323 e. The van der Waals surface area contributed by atoms with E-state index >= 15 is 0 Å². The highest BCUT2D eigenvalue weighted by atomic mass is 32.2. The van der Waals surface area contributed by atoms with Crippen LogP contribution in [0.3, 0.4) is 0 Å². The second kappa shape index (κ2) is 21.9. The first kappa shape index (κ1) is 49.8. The Morgan fingerprint density at radius 2 is 1.05 bits per heavy atom. The van der Waals surface area contributed by atoms with E-state index in [4.69, 9.17) is 19.9 Å². The van der Waals surface area contributed by atoms with Gasteiger partial charge in [0.15, 0.2) is 0 Å². The van der Waals surface area contributed by atoms with Gasteiger partial charge in [-0.15, -0.1) is 0 Å². The number of ether oxygens (including phenoxy) is 5. The molecule has 0 amide bonds. The van der Waals surface area contributed by atoms with Crippen LogP contribution in [0.5, 0.6) is 5.75 Å². The largest absolute Gasteiger partial charge is 0.493 e. The molecule has 0 spiro atoms. The number of sulfonamides is 2. The summed E-state index contributed by atoms with van der Waals surface area (Å²) in [6.45, 7) is 1.27. The smallest absolute Gasteiger partial charge is 0.323 e. The second-order valence-electron chi connectivity index (χ2n) is 14.9. The van der Waals surface area contributed by atoms with Gasteiger partial charge in [-0.3, -0.25) is 19.2 Å². The fourth-order valence-corrected chi connectivity index (χ4v) is 9.94. The van der Waals surface area contributed by atoms with Gasteiger partial charge >= 0.3 is 23.9 Å². The van der Waals surface area contributed by atoms with Crippen LogP contribution in [0.15, 0.2) is 46.2 Å². The molecule has 4 rings (SSSR count). The molecular weight excluding hydrogens is 849 g/mol. The van der Waals surface area contributed by atoms with Gasteiger partial charge in [-0.2, -0.15) is 0 Å². The number of carbonyl (C=O) groups is 4. The number of nitrogens with one attached hydrogen (secondary N) is 2. The number of nitrogen functional groups attached to an aromatic ring is 1. The zero-order chi connectivity index (χ0) is 45.9. The standard InChI is InChI=1S/C41H58N6O13S2/c1-45(2)18-11-21-60-33-22-30(42)26-12-14-28-34(61(52,53)46(3)19-9-16-43-31(40(50)58-7)23-36(48)56-5)25-35(29-15-13-27(33)38(26)39(28)29)62(54,55)47(4)20-10-17-44-32(41(51)59-8)24-37(49)57-6/h12-15,22,25,31-32,43-44H,9-11,16-21,23-24,42H2,1-8H3. The van der Waals surface area contributed by atoms with Crippen molar-refractivity contribution in [3.8, 4) is 5.75 Å². The Labute approximate surface area is 362 Å². The van der Waals surface area contributed by atoms with Crippen molar-refractivity contribution in [3.63, 3.8) is 0 Å². The normalized spacial score (nSPS) is 13.3. The number of nitrogens with two attached hydrogens (primary N) is 1. The van der Waals surface area contributed by atoms with Gasteiger partial charge in [0.1, 0.15) is 17.8 Å². The van der Waals surface area contributed by atoms with E-state index in [-0.39, 0.29) is 72.4 Å². The molecule has 2 unspecified atom stereocenters. The summed E-state index contributed by atoms with van der Waals surface area (Å²) in [6, 6.07) is 7.56. The third-order valence-electron chi connectivity index (χ3n) is 10.4. The summed E-state index contributed by atoms with van der Waals surface area (Å²) in [5.41, 5.74) is 6.96. The van der Waals surface area contributed by atoms with Gasteiger partial charge in [-0.1, -0.05) is 18.2 Å². The van der Waals surface area contributed by atoms with E-state index in [1.807, 2.05) is 19.0 Å². The van der Waals surface area contributed by atoms with Crippen molar-refractivity contribution in [3.05, 3.63) is 36.4 Å². The Morgan fingerprint density at radius 1 is 0.613 bits per heavy atom. The fourth-order valence-electron chi connectivity index (χ4n) is 7.03. The van der Waals surface area contributed by atoms with Crippen molar-refractivity contribution < 1.29 is 59.7 Å². The van der Waals surface area contributed by atoms with Crippen molar-refractivity contribution in [2.24, 2.45) is 0 Å². The monoisotopic (exact) mass is 906 g/mol. The molecule has 19 nitrogen and oxygen atoms in total. The lowest BCUT2D eigenvalue weighted by atomic mass is 9.93. The summed E-state index contributed by atoms with van der Waals surface area (Å²) in [4.78, 5) is 49.8. The van der Waals surface area contributed by atoms with Crippen LogP contribution in [0.4, 0.5) is 5.69 Å². The molecule has 4 aromatic rings. The molecular formula is C41H58N6O13S2. The highest BCUT2D eigenvalue weighted by Gasteiger charge is 2.32. The van der Waals surface area contributed by atoms with Gasteiger partial charge in [-0.25, -0.2) is 25.4 Å².